The number of rotatable bonds is 6. The van der Waals surface area contributed by atoms with E-state index in [4.69, 9.17) is 0 Å². The van der Waals surface area contributed by atoms with Crippen molar-refractivity contribution in [1.29, 1.82) is 0 Å². The SMILES string of the molecule is CC.C[S+](O)c1cccc(-c2cnn3cc(-c4ccc(C(F)(F)CN5CCCCC5)cc4)cnc23)c1. The van der Waals surface area contributed by atoms with Crippen molar-refractivity contribution in [3.8, 4) is 22.3 Å². The zero-order valence-corrected chi connectivity index (χ0v) is 21.8. The molecule has 0 aliphatic carbocycles. The Bertz CT molecular complexity index is 1280. The van der Waals surface area contributed by atoms with E-state index in [0.29, 0.717) is 5.65 Å². The lowest BCUT2D eigenvalue weighted by molar-refractivity contribution is -0.0415. The monoisotopic (exact) mass is 511 g/mol. The minimum Gasteiger partial charge on any atom is -0.297 e. The quantitative estimate of drug-likeness (QED) is 0.291. The highest BCUT2D eigenvalue weighted by atomic mass is 32.2. The third-order valence-corrected chi connectivity index (χ3v) is 7.29. The van der Waals surface area contributed by atoms with Gasteiger partial charge in [-0.1, -0.05) is 56.7 Å². The summed E-state index contributed by atoms with van der Waals surface area (Å²) < 4.78 is 41.3. The van der Waals surface area contributed by atoms with Crippen molar-refractivity contribution in [2.45, 2.75) is 43.9 Å². The first kappa shape index (κ1) is 26.3. The molecule has 0 spiro atoms. The molecule has 1 unspecified atom stereocenters. The van der Waals surface area contributed by atoms with Gasteiger partial charge in [0.25, 0.3) is 5.92 Å². The first-order valence-corrected chi connectivity index (χ1v) is 14.0. The van der Waals surface area contributed by atoms with E-state index < -0.39 is 17.1 Å². The van der Waals surface area contributed by atoms with Crippen molar-refractivity contribution in [3.05, 3.63) is 72.7 Å². The number of nitrogens with zero attached hydrogens (tertiary/aromatic N) is 4. The molecule has 3 heterocycles. The molecule has 5 rings (SSSR count). The fraction of sp³-hybridized carbons (Fsp3) is 0.357. The van der Waals surface area contributed by atoms with E-state index in [1.807, 2.05) is 49.2 Å². The Hall–Kier alpha value is -2.81. The Morgan fingerprint density at radius 1 is 0.944 bits per heavy atom. The van der Waals surface area contributed by atoms with Crippen LogP contribution in [0.3, 0.4) is 0 Å². The number of fused-ring (bicyclic) bond motifs is 1. The van der Waals surface area contributed by atoms with Crippen LogP contribution in [0.25, 0.3) is 27.9 Å². The molecule has 4 aromatic rings. The molecule has 1 aliphatic rings. The minimum atomic E-state index is -2.88. The number of halogens is 2. The van der Waals surface area contributed by atoms with Crippen LogP contribution in [0.2, 0.25) is 0 Å². The van der Waals surface area contributed by atoms with Gasteiger partial charge in [0.15, 0.2) is 21.7 Å². The average Bonchev–Trinajstić information content (AvgIpc) is 3.34. The molecule has 2 aromatic heterocycles. The second-order valence-corrected chi connectivity index (χ2v) is 10.2. The normalized spacial score (nSPS) is 15.4. The van der Waals surface area contributed by atoms with Crippen molar-refractivity contribution < 1.29 is 13.3 Å². The van der Waals surface area contributed by atoms with Crippen molar-refractivity contribution in [3.63, 3.8) is 0 Å². The molecule has 0 saturated carbocycles. The molecular formula is C28H33F2N4OS+. The van der Waals surface area contributed by atoms with E-state index in [1.165, 1.54) is 12.1 Å². The van der Waals surface area contributed by atoms with Crippen molar-refractivity contribution >= 4 is 16.8 Å². The van der Waals surface area contributed by atoms with E-state index in [2.05, 4.69) is 10.1 Å². The molecule has 5 nitrogen and oxygen atoms in total. The maximum Gasteiger partial charge on any atom is 0.285 e. The van der Waals surface area contributed by atoms with E-state index in [-0.39, 0.29) is 12.1 Å². The van der Waals surface area contributed by atoms with Gasteiger partial charge < -0.3 is 0 Å². The number of hydrogen-bond donors (Lipinski definition) is 1. The number of hydrogen-bond acceptors (Lipinski definition) is 4. The first-order valence-electron chi connectivity index (χ1n) is 12.4. The number of piperidine rings is 1. The fourth-order valence-electron chi connectivity index (χ4n) is 4.47. The minimum absolute atomic E-state index is 0.0379. The highest BCUT2D eigenvalue weighted by molar-refractivity contribution is 7.90. The van der Waals surface area contributed by atoms with Gasteiger partial charge in [-0.2, -0.15) is 18.4 Å². The maximum absolute atomic E-state index is 14.8. The van der Waals surface area contributed by atoms with Crippen LogP contribution in [0.4, 0.5) is 8.78 Å². The van der Waals surface area contributed by atoms with Crippen LogP contribution in [0.5, 0.6) is 0 Å². The summed E-state index contributed by atoms with van der Waals surface area (Å²) in [5.74, 6) is -2.88. The highest BCUT2D eigenvalue weighted by Crippen LogP contribution is 2.32. The van der Waals surface area contributed by atoms with E-state index >= 15 is 0 Å². The molecule has 2 aromatic carbocycles. The second kappa shape index (κ2) is 11.5. The first-order chi connectivity index (χ1) is 17.4. The molecule has 0 bridgehead atoms. The molecule has 0 radical (unpaired) electrons. The summed E-state index contributed by atoms with van der Waals surface area (Å²) in [6.45, 7) is 5.26. The number of alkyl halides is 2. The summed E-state index contributed by atoms with van der Waals surface area (Å²) >= 11 is -0.828. The van der Waals surface area contributed by atoms with E-state index in [0.717, 1.165) is 59.5 Å². The van der Waals surface area contributed by atoms with E-state index in [9.17, 15) is 13.3 Å². The van der Waals surface area contributed by atoms with Crippen LogP contribution in [0.1, 0.15) is 38.7 Å². The molecule has 36 heavy (non-hydrogen) atoms. The van der Waals surface area contributed by atoms with Gasteiger partial charge >= 0.3 is 0 Å². The highest BCUT2D eigenvalue weighted by Gasteiger charge is 2.34. The Balaban J connectivity index is 0.00000148. The van der Waals surface area contributed by atoms with Crippen molar-refractivity contribution in [1.82, 2.24) is 19.5 Å². The van der Waals surface area contributed by atoms with Crippen molar-refractivity contribution in [2.24, 2.45) is 0 Å². The zero-order chi connectivity index (χ0) is 25.7. The molecule has 1 aliphatic heterocycles. The molecule has 1 N–H and O–H groups in total. The molecule has 190 valence electrons. The van der Waals surface area contributed by atoms with Gasteiger partial charge in [0.05, 0.1) is 12.7 Å². The Morgan fingerprint density at radius 2 is 1.67 bits per heavy atom. The van der Waals surface area contributed by atoms with Gasteiger partial charge in [-0.15, -0.1) is 0 Å². The number of benzene rings is 2. The van der Waals surface area contributed by atoms with Gasteiger partial charge in [-0.3, -0.25) is 4.90 Å². The summed E-state index contributed by atoms with van der Waals surface area (Å²) in [6.07, 6.45) is 10.2. The summed E-state index contributed by atoms with van der Waals surface area (Å²) in [6, 6.07) is 14.2. The molecule has 8 heteroatoms. The van der Waals surface area contributed by atoms with Gasteiger partial charge in [0, 0.05) is 35.2 Å². The summed E-state index contributed by atoms with van der Waals surface area (Å²) in [7, 11) is 0. The molecule has 1 saturated heterocycles. The van der Waals surface area contributed by atoms with Gasteiger partial charge in [0.1, 0.15) is 6.26 Å². The van der Waals surface area contributed by atoms with Crippen LogP contribution in [-0.2, 0) is 17.1 Å². The van der Waals surface area contributed by atoms with E-state index in [1.54, 1.807) is 35.3 Å². The lowest BCUT2D eigenvalue weighted by Crippen LogP contribution is -2.38. The van der Waals surface area contributed by atoms with Crippen molar-refractivity contribution in [2.75, 3.05) is 25.9 Å². The average molecular weight is 512 g/mol. The van der Waals surface area contributed by atoms with Crippen LogP contribution >= 0.6 is 0 Å². The van der Waals surface area contributed by atoms with Gasteiger partial charge in [0.2, 0.25) is 0 Å². The lowest BCUT2D eigenvalue weighted by Gasteiger charge is -2.30. The standard InChI is InChI=1S/C26H27F2N4OS.C2H6/c1-34(33)23-7-5-6-20(14-23)24-16-30-32-17-21(15-29-25(24)32)19-8-10-22(11-9-19)26(27,28)18-31-12-3-2-4-13-31;1-2/h5-11,14-17,33H,2-4,12-13,18H2,1H3;1-2H3/q+1;. The largest absolute Gasteiger partial charge is 0.297 e. The Morgan fingerprint density at radius 3 is 2.36 bits per heavy atom. The maximum atomic E-state index is 14.8. The summed E-state index contributed by atoms with van der Waals surface area (Å²) in [4.78, 5) is 7.32. The van der Waals surface area contributed by atoms with Crippen LogP contribution in [-0.4, -0.2) is 49.9 Å². The number of likely N-dealkylation sites (tertiary alicyclic amines) is 1. The Labute approximate surface area is 214 Å². The van der Waals surface area contributed by atoms with Gasteiger partial charge in [-0.05, 0) is 43.1 Å². The molecule has 1 fully saturated rings. The predicted octanol–water partition coefficient (Wildman–Crippen LogP) is 6.75. The summed E-state index contributed by atoms with van der Waals surface area (Å²) in [5.41, 5.74) is 4.14. The van der Waals surface area contributed by atoms with Crippen LogP contribution in [0.15, 0.2) is 72.0 Å². The molecule has 1 atom stereocenters. The number of aromatic nitrogens is 3. The lowest BCUT2D eigenvalue weighted by atomic mass is 10.0. The van der Waals surface area contributed by atoms with Crippen LogP contribution < -0.4 is 0 Å². The predicted molar refractivity (Wildman–Crippen MR) is 144 cm³/mol. The topological polar surface area (TPSA) is 53.7 Å². The van der Waals surface area contributed by atoms with Crippen LogP contribution in [0, 0.1) is 0 Å². The third kappa shape index (κ3) is 5.77. The second-order valence-electron chi connectivity index (χ2n) is 8.79. The Kier molecular flexibility index (Phi) is 8.39. The van der Waals surface area contributed by atoms with Gasteiger partial charge in [-0.25, -0.2) is 9.50 Å². The molecular weight excluding hydrogens is 478 g/mol. The summed E-state index contributed by atoms with van der Waals surface area (Å²) in [5, 5.41) is 4.45. The third-order valence-electron chi connectivity index (χ3n) is 6.35. The fourth-order valence-corrected chi connectivity index (χ4v) is 5.04. The smallest absolute Gasteiger partial charge is 0.285 e. The molecule has 0 amide bonds. The zero-order valence-electron chi connectivity index (χ0n) is 21.0.